The van der Waals surface area contributed by atoms with E-state index in [0.717, 1.165) is 0 Å². The zero-order valence-electron chi connectivity index (χ0n) is 22.2. The van der Waals surface area contributed by atoms with Crippen LogP contribution in [0.5, 0.6) is 0 Å². The van der Waals surface area contributed by atoms with Crippen LogP contribution in [0.2, 0.25) is 5.02 Å². The van der Waals surface area contributed by atoms with Crippen molar-refractivity contribution in [2.45, 2.75) is 13.0 Å². The lowest BCUT2D eigenvalue weighted by Gasteiger charge is -2.29. The number of hydrogen-bond donors (Lipinski definition) is 1. The van der Waals surface area contributed by atoms with E-state index in [-0.39, 0.29) is 53.0 Å². The Morgan fingerprint density at radius 3 is 2.48 bits per heavy atom. The molecule has 2 aromatic carbocycles. The third-order valence-corrected chi connectivity index (χ3v) is 8.43. The molecule has 0 saturated carbocycles. The molecule has 0 radical (unpaired) electrons. The maximum absolute atomic E-state index is 14.1. The van der Waals surface area contributed by atoms with Crippen LogP contribution in [-0.2, 0) is 13.0 Å². The molecule has 5 aromatic rings. The molecule has 12 heteroatoms. The fourth-order valence-electron chi connectivity index (χ4n) is 5.07. The Morgan fingerprint density at radius 1 is 1.00 bits per heavy atom. The van der Waals surface area contributed by atoms with Crippen molar-refractivity contribution in [3.8, 4) is 5.69 Å². The second kappa shape index (κ2) is 11.0. The number of rotatable bonds is 5. The third kappa shape index (κ3) is 4.70. The van der Waals surface area contributed by atoms with Crippen molar-refractivity contribution in [2.75, 3.05) is 13.6 Å². The highest BCUT2D eigenvalue weighted by Crippen LogP contribution is 2.27. The Labute approximate surface area is 252 Å². The molecular weight excluding hydrogens is 624 g/mol. The summed E-state index contributed by atoms with van der Waals surface area (Å²) in [6, 6.07) is 16.8. The molecule has 10 nitrogen and oxygen atoms in total. The molecule has 0 unspecified atom stereocenters. The summed E-state index contributed by atoms with van der Waals surface area (Å²) in [6.07, 6.45) is 3.12. The topological polar surface area (TPSA) is 119 Å². The molecule has 0 fully saturated rings. The number of amides is 2. The highest BCUT2D eigenvalue weighted by molar-refractivity contribution is 9.10. The Hall–Kier alpha value is -4.61. The first kappa shape index (κ1) is 27.6. The lowest BCUT2D eigenvalue weighted by Crippen LogP contribution is -2.41. The summed E-state index contributed by atoms with van der Waals surface area (Å²) in [5.74, 6) is -0.929. The van der Waals surface area contributed by atoms with E-state index >= 15 is 0 Å². The van der Waals surface area contributed by atoms with E-state index < -0.39 is 0 Å². The van der Waals surface area contributed by atoms with Gasteiger partial charge < -0.3 is 10.2 Å². The Balaban J connectivity index is 1.52. The number of nitrogens with one attached hydrogen (secondary N) is 1. The van der Waals surface area contributed by atoms with Gasteiger partial charge in [-0.1, -0.05) is 41.9 Å². The van der Waals surface area contributed by atoms with Crippen LogP contribution in [-0.4, -0.2) is 55.3 Å². The lowest BCUT2D eigenvalue weighted by atomic mass is 10.0. The van der Waals surface area contributed by atoms with Crippen molar-refractivity contribution in [3.05, 3.63) is 127 Å². The minimum atomic E-state index is -0.370. The minimum Gasteiger partial charge on any atom is -0.354 e. The predicted molar refractivity (Wildman–Crippen MR) is 159 cm³/mol. The highest BCUT2D eigenvalue weighted by Gasteiger charge is 2.30. The number of nitrogens with zero attached hydrogens (tertiary/aromatic N) is 5. The van der Waals surface area contributed by atoms with Crippen molar-refractivity contribution >= 4 is 50.8 Å². The number of pyridine rings is 1. The zero-order valence-corrected chi connectivity index (χ0v) is 24.5. The van der Waals surface area contributed by atoms with E-state index in [9.17, 15) is 19.2 Å². The fourth-order valence-corrected chi connectivity index (χ4v) is 5.50. The van der Waals surface area contributed by atoms with Crippen LogP contribution < -0.4 is 10.9 Å². The third-order valence-electron chi connectivity index (χ3n) is 7.19. The second-order valence-electron chi connectivity index (χ2n) is 9.64. The molecule has 1 N–H and O–H groups in total. The van der Waals surface area contributed by atoms with Gasteiger partial charge in [-0.15, -0.1) is 0 Å². The van der Waals surface area contributed by atoms with Gasteiger partial charge in [-0.25, -0.2) is 9.50 Å². The number of ketones is 1. The quantitative estimate of drug-likeness (QED) is 0.288. The summed E-state index contributed by atoms with van der Waals surface area (Å²) in [7, 11) is 1.50. The minimum absolute atomic E-state index is 0.100. The van der Waals surface area contributed by atoms with Crippen LogP contribution in [0.4, 0.5) is 0 Å². The molecule has 1 aliphatic rings. The van der Waals surface area contributed by atoms with Gasteiger partial charge in [-0.3, -0.25) is 23.7 Å². The maximum Gasteiger partial charge on any atom is 0.269 e. The number of fused-ring (bicyclic) bond motifs is 3. The SMILES string of the molecule is CNC(=O)c1ccc(-n2c(=O)c3c(n4ncc(C(=O)c5ccccc5)c24)CN(C(=O)c2ccc(Br)c(Cl)c2)CC3)cn1. The average Bonchev–Trinajstić information content (AvgIpc) is 3.47. The largest absolute Gasteiger partial charge is 0.354 e. The maximum atomic E-state index is 14.1. The number of benzene rings is 2. The van der Waals surface area contributed by atoms with Gasteiger partial charge in [0.1, 0.15) is 5.69 Å². The number of carbonyl (C=O) groups is 3. The van der Waals surface area contributed by atoms with E-state index in [4.69, 9.17) is 11.6 Å². The summed E-state index contributed by atoms with van der Waals surface area (Å²) >= 11 is 9.58. The van der Waals surface area contributed by atoms with E-state index in [1.807, 2.05) is 6.07 Å². The zero-order chi connectivity index (χ0) is 29.5. The molecule has 6 rings (SSSR count). The number of carbonyl (C=O) groups excluding carboxylic acids is 3. The summed E-state index contributed by atoms with van der Waals surface area (Å²) in [5, 5.41) is 7.48. The molecule has 0 aliphatic carbocycles. The van der Waals surface area contributed by atoms with Crippen LogP contribution in [0.1, 0.15) is 48.0 Å². The number of hydrogen-bond acceptors (Lipinski definition) is 6. The molecule has 42 heavy (non-hydrogen) atoms. The molecule has 210 valence electrons. The first-order valence-electron chi connectivity index (χ1n) is 13.0. The monoisotopic (exact) mass is 644 g/mol. The molecule has 3 aromatic heterocycles. The van der Waals surface area contributed by atoms with Crippen LogP contribution in [0.25, 0.3) is 11.3 Å². The van der Waals surface area contributed by atoms with E-state index in [1.54, 1.807) is 57.9 Å². The van der Waals surface area contributed by atoms with E-state index in [2.05, 4.69) is 31.3 Å². The average molecular weight is 646 g/mol. The Morgan fingerprint density at radius 2 is 1.79 bits per heavy atom. The van der Waals surface area contributed by atoms with Crippen LogP contribution >= 0.6 is 27.5 Å². The fraction of sp³-hybridized carbons (Fsp3) is 0.133. The van der Waals surface area contributed by atoms with Crippen molar-refractivity contribution in [1.29, 1.82) is 0 Å². The van der Waals surface area contributed by atoms with Gasteiger partial charge in [-0.2, -0.15) is 5.10 Å². The molecule has 2 amide bonds. The highest BCUT2D eigenvalue weighted by atomic mass is 79.9. The summed E-state index contributed by atoms with van der Waals surface area (Å²) < 4.78 is 3.62. The van der Waals surface area contributed by atoms with Gasteiger partial charge in [0.2, 0.25) is 0 Å². The number of aromatic nitrogens is 4. The molecule has 1 aliphatic heterocycles. The van der Waals surface area contributed by atoms with Gasteiger partial charge in [0.25, 0.3) is 17.4 Å². The Kier molecular flexibility index (Phi) is 7.21. The van der Waals surface area contributed by atoms with Crippen molar-refractivity contribution in [2.24, 2.45) is 0 Å². The first-order valence-corrected chi connectivity index (χ1v) is 14.1. The van der Waals surface area contributed by atoms with Crippen LogP contribution in [0.3, 0.4) is 0 Å². The standard InChI is InChI=1S/C30H22BrClN6O4/c1-33-27(40)24-10-8-19(14-34-24)37-28-21(26(39)17-5-3-2-4-6-17)15-35-38(28)25-16-36(12-11-20(25)30(37)42)29(41)18-7-9-22(31)23(32)13-18/h2-10,13-15H,11-12,16H2,1H3,(H,33,40). The van der Waals surface area contributed by atoms with Gasteiger partial charge in [0.15, 0.2) is 11.4 Å². The molecule has 0 spiro atoms. The van der Waals surface area contributed by atoms with Crippen LogP contribution in [0, 0.1) is 0 Å². The van der Waals surface area contributed by atoms with Crippen molar-refractivity contribution in [1.82, 2.24) is 29.4 Å². The van der Waals surface area contributed by atoms with Gasteiger partial charge in [-0.05, 0) is 52.7 Å². The van der Waals surface area contributed by atoms with Crippen LogP contribution in [0.15, 0.2) is 82.3 Å². The smallest absolute Gasteiger partial charge is 0.269 e. The predicted octanol–water partition coefficient (Wildman–Crippen LogP) is 4.09. The normalized spacial score (nSPS) is 12.7. The Bertz CT molecular complexity index is 1950. The van der Waals surface area contributed by atoms with Gasteiger partial charge in [0.05, 0.1) is 40.9 Å². The van der Waals surface area contributed by atoms with E-state index in [1.165, 1.54) is 30.1 Å². The summed E-state index contributed by atoms with van der Waals surface area (Å²) in [5.41, 5.74) is 2.47. The van der Waals surface area contributed by atoms with Gasteiger partial charge >= 0.3 is 0 Å². The molecular formula is C30H22BrClN6O4. The number of halogens is 2. The molecule has 0 atom stereocenters. The summed E-state index contributed by atoms with van der Waals surface area (Å²) in [4.78, 5) is 59.2. The molecule has 0 bridgehead atoms. The molecule has 4 heterocycles. The lowest BCUT2D eigenvalue weighted by molar-refractivity contribution is 0.0729. The first-order chi connectivity index (χ1) is 20.3. The molecule has 0 saturated heterocycles. The van der Waals surface area contributed by atoms with Crippen molar-refractivity contribution in [3.63, 3.8) is 0 Å². The van der Waals surface area contributed by atoms with Crippen molar-refractivity contribution < 1.29 is 14.4 Å². The summed E-state index contributed by atoms with van der Waals surface area (Å²) in [6.45, 7) is 0.397. The van der Waals surface area contributed by atoms with E-state index in [0.29, 0.717) is 44.1 Å². The second-order valence-corrected chi connectivity index (χ2v) is 10.9. The van der Waals surface area contributed by atoms with Gasteiger partial charge in [0, 0.05) is 34.8 Å².